The van der Waals surface area contributed by atoms with Crippen molar-refractivity contribution in [2.75, 3.05) is 7.11 Å². The summed E-state index contributed by atoms with van der Waals surface area (Å²) in [5.41, 5.74) is 1.89. The first-order chi connectivity index (χ1) is 11.8. The highest BCUT2D eigenvalue weighted by molar-refractivity contribution is 5.94. The zero-order valence-corrected chi connectivity index (χ0v) is 14.8. The molecule has 0 saturated heterocycles. The van der Waals surface area contributed by atoms with Crippen LogP contribution in [0.4, 0.5) is 0 Å². The number of aryl methyl sites for hydroxylation is 1. The van der Waals surface area contributed by atoms with Crippen molar-refractivity contribution in [2.24, 2.45) is 5.92 Å². The van der Waals surface area contributed by atoms with E-state index in [1.54, 1.807) is 24.1 Å². The van der Waals surface area contributed by atoms with Crippen molar-refractivity contribution in [2.45, 2.75) is 33.2 Å². The Kier molecular flexibility index (Phi) is 5.80. The molecule has 2 rings (SSSR count). The van der Waals surface area contributed by atoms with Crippen LogP contribution in [-0.4, -0.2) is 39.9 Å². The number of carboxylic acids is 1. The molecule has 1 amide bonds. The van der Waals surface area contributed by atoms with Crippen molar-refractivity contribution in [3.63, 3.8) is 0 Å². The summed E-state index contributed by atoms with van der Waals surface area (Å²) in [5.74, 6) is -0.792. The monoisotopic (exact) mass is 345 g/mol. The van der Waals surface area contributed by atoms with Crippen LogP contribution >= 0.6 is 0 Å². The summed E-state index contributed by atoms with van der Waals surface area (Å²) in [5, 5.41) is 16.0. The highest BCUT2D eigenvalue weighted by atomic mass is 16.5. The average molecular weight is 345 g/mol. The highest BCUT2D eigenvalue weighted by Gasteiger charge is 2.23. The molecule has 134 valence electrons. The first kappa shape index (κ1) is 18.5. The summed E-state index contributed by atoms with van der Waals surface area (Å²) in [6.45, 7) is 5.76. The summed E-state index contributed by atoms with van der Waals surface area (Å²) < 4.78 is 6.87. The lowest BCUT2D eigenvalue weighted by Crippen LogP contribution is -2.41. The first-order valence-electron chi connectivity index (χ1n) is 8.06. The predicted octanol–water partition coefficient (Wildman–Crippen LogP) is 2.42. The van der Waals surface area contributed by atoms with Gasteiger partial charge in [-0.3, -0.25) is 4.79 Å². The number of benzene rings is 1. The number of carboxylic acid groups (broad SMARTS) is 1. The minimum atomic E-state index is -1.05. The first-order valence-corrected chi connectivity index (χ1v) is 8.06. The van der Waals surface area contributed by atoms with E-state index in [-0.39, 0.29) is 11.6 Å². The van der Waals surface area contributed by atoms with Crippen LogP contribution in [0.15, 0.2) is 30.5 Å². The maximum atomic E-state index is 12.3. The van der Waals surface area contributed by atoms with Gasteiger partial charge in [0.15, 0.2) is 5.69 Å². The molecule has 1 aromatic heterocycles. The molecule has 0 aliphatic heterocycles. The molecule has 0 bridgehead atoms. The Labute approximate surface area is 146 Å². The maximum Gasteiger partial charge on any atom is 0.326 e. The molecule has 0 aliphatic rings. The van der Waals surface area contributed by atoms with Crippen LogP contribution < -0.4 is 10.1 Å². The van der Waals surface area contributed by atoms with Gasteiger partial charge in [0.1, 0.15) is 17.5 Å². The lowest BCUT2D eigenvalue weighted by atomic mass is 10.0. The highest BCUT2D eigenvalue weighted by Crippen LogP contribution is 2.23. The van der Waals surface area contributed by atoms with Crippen molar-refractivity contribution >= 4 is 11.9 Å². The Hall–Kier alpha value is -2.83. The molecule has 0 saturated carbocycles. The van der Waals surface area contributed by atoms with E-state index < -0.39 is 17.9 Å². The van der Waals surface area contributed by atoms with Crippen molar-refractivity contribution in [1.82, 2.24) is 15.1 Å². The van der Waals surface area contributed by atoms with E-state index in [0.29, 0.717) is 17.9 Å². The van der Waals surface area contributed by atoms with Crippen LogP contribution in [0.2, 0.25) is 0 Å². The van der Waals surface area contributed by atoms with Crippen molar-refractivity contribution < 1.29 is 19.4 Å². The number of nitrogens with zero attached hydrogens (tertiary/aromatic N) is 2. The number of hydrogen-bond acceptors (Lipinski definition) is 4. The topological polar surface area (TPSA) is 93.5 Å². The van der Waals surface area contributed by atoms with Gasteiger partial charge in [0, 0.05) is 6.20 Å². The second kappa shape index (κ2) is 7.83. The number of rotatable bonds is 7. The van der Waals surface area contributed by atoms with E-state index in [1.807, 2.05) is 39.0 Å². The smallest absolute Gasteiger partial charge is 0.326 e. The van der Waals surface area contributed by atoms with Gasteiger partial charge < -0.3 is 15.2 Å². The second-order valence-electron chi connectivity index (χ2n) is 6.31. The summed E-state index contributed by atoms with van der Waals surface area (Å²) in [6, 6.07) is 6.25. The molecule has 2 aromatic rings. The van der Waals surface area contributed by atoms with Gasteiger partial charge in [-0.15, -0.1) is 0 Å². The average Bonchev–Trinajstić information content (AvgIpc) is 3.03. The van der Waals surface area contributed by atoms with Crippen LogP contribution in [0, 0.1) is 12.8 Å². The number of carbonyl (C=O) groups is 2. The zero-order chi connectivity index (χ0) is 18.6. The van der Waals surface area contributed by atoms with E-state index in [1.165, 1.54) is 0 Å². The minimum Gasteiger partial charge on any atom is -0.494 e. The van der Waals surface area contributed by atoms with Gasteiger partial charge in [-0.05, 0) is 43.0 Å². The van der Waals surface area contributed by atoms with Crippen molar-refractivity contribution in [3.8, 4) is 11.4 Å². The Bertz CT molecular complexity index is 767. The predicted molar refractivity (Wildman–Crippen MR) is 93.2 cm³/mol. The summed E-state index contributed by atoms with van der Waals surface area (Å²) in [6.07, 6.45) is 2.00. The number of aliphatic carboxylic acids is 1. The van der Waals surface area contributed by atoms with E-state index in [2.05, 4.69) is 10.4 Å². The molecule has 0 fully saturated rings. The SMILES string of the molecule is COc1ccc(C)cc1-n1ccc(C(=O)N[C@@H](CC(C)C)C(=O)O)n1. The van der Waals surface area contributed by atoms with E-state index in [4.69, 9.17) is 4.74 Å². The molecule has 0 radical (unpaired) electrons. The third kappa shape index (κ3) is 4.59. The molecule has 2 N–H and O–H groups in total. The lowest BCUT2D eigenvalue weighted by molar-refractivity contribution is -0.139. The number of aromatic nitrogens is 2. The molecule has 1 aromatic carbocycles. The fourth-order valence-corrected chi connectivity index (χ4v) is 2.48. The number of nitrogens with one attached hydrogen (secondary N) is 1. The molecule has 7 heteroatoms. The number of amides is 1. The number of methoxy groups -OCH3 is 1. The van der Waals surface area contributed by atoms with Gasteiger partial charge >= 0.3 is 5.97 Å². The molecule has 0 spiro atoms. The second-order valence-corrected chi connectivity index (χ2v) is 6.31. The fourth-order valence-electron chi connectivity index (χ4n) is 2.48. The Morgan fingerprint density at radius 2 is 2.04 bits per heavy atom. The number of hydrogen-bond donors (Lipinski definition) is 2. The van der Waals surface area contributed by atoms with E-state index >= 15 is 0 Å². The van der Waals surface area contributed by atoms with Gasteiger partial charge in [-0.1, -0.05) is 19.9 Å². The van der Waals surface area contributed by atoms with Gasteiger partial charge in [0.25, 0.3) is 5.91 Å². The van der Waals surface area contributed by atoms with Crippen molar-refractivity contribution in [1.29, 1.82) is 0 Å². The Balaban J connectivity index is 2.22. The van der Waals surface area contributed by atoms with E-state index in [9.17, 15) is 14.7 Å². The van der Waals surface area contributed by atoms with Gasteiger partial charge in [0.2, 0.25) is 0 Å². The molecule has 0 aliphatic carbocycles. The van der Waals surface area contributed by atoms with Crippen LogP contribution in [0.3, 0.4) is 0 Å². The van der Waals surface area contributed by atoms with Crippen LogP contribution in [0.25, 0.3) is 5.69 Å². The Morgan fingerprint density at radius 3 is 2.64 bits per heavy atom. The molecule has 1 atom stereocenters. The van der Waals surface area contributed by atoms with Crippen LogP contribution in [0.1, 0.15) is 36.3 Å². The summed E-state index contributed by atoms with van der Waals surface area (Å²) >= 11 is 0. The molecule has 7 nitrogen and oxygen atoms in total. The van der Waals surface area contributed by atoms with Gasteiger partial charge in [-0.25, -0.2) is 9.48 Å². The molecule has 1 heterocycles. The zero-order valence-electron chi connectivity index (χ0n) is 14.8. The quantitative estimate of drug-likeness (QED) is 0.804. The van der Waals surface area contributed by atoms with E-state index in [0.717, 1.165) is 5.56 Å². The standard InChI is InChI=1S/C18H23N3O4/c1-11(2)9-14(18(23)24)19-17(22)13-7-8-21(20-13)15-10-12(3)5-6-16(15)25-4/h5-8,10-11,14H,9H2,1-4H3,(H,19,22)(H,23,24)/t14-/m0/s1. The molecule has 0 unspecified atom stereocenters. The Morgan fingerprint density at radius 1 is 1.32 bits per heavy atom. The normalized spacial score (nSPS) is 12.0. The largest absolute Gasteiger partial charge is 0.494 e. The summed E-state index contributed by atoms with van der Waals surface area (Å²) in [7, 11) is 1.56. The third-order valence-corrected chi connectivity index (χ3v) is 3.71. The maximum absolute atomic E-state index is 12.3. The minimum absolute atomic E-state index is 0.149. The lowest BCUT2D eigenvalue weighted by Gasteiger charge is -2.15. The van der Waals surface area contributed by atoms with Crippen LogP contribution in [0.5, 0.6) is 5.75 Å². The van der Waals surface area contributed by atoms with Gasteiger partial charge in [0.05, 0.1) is 7.11 Å². The number of carbonyl (C=O) groups excluding carboxylic acids is 1. The molecule has 25 heavy (non-hydrogen) atoms. The molecular formula is C18H23N3O4. The van der Waals surface area contributed by atoms with Crippen molar-refractivity contribution in [3.05, 3.63) is 41.7 Å². The van der Waals surface area contributed by atoms with Crippen LogP contribution in [-0.2, 0) is 4.79 Å². The third-order valence-electron chi connectivity index (χ3n) is 3.71. The molecular weight excluding hydrogens is 322 g/mol. The number of ether oxygens (including phenoxy) is 1. The van der Waals surface area contributed by atoms with Gasteiger partial charge in [-0.2, -0.15) is 5.10 Å². The summed E-state index contributed by atoms with van der Waals surface area (Å²) in [4.78, 5) is 23.6. The fraction of sp³-hybridized carbons (Fsp3) is 0.389.